The van der Waals surface area contributed by atoms with E-state index in [9.17, 15) is 18.8 Å². The number of fused-ring (bicyclic) bond motifs is 1. The van der Waals surface area contributed by atoms with E-state index in [1.807, 2.05) is 16.7 Å². The summed E-state index contributed by atoms with van der Waals surface area (Å²) in [6.07, 6.45) is 4.10. The van der Waals surface area contributed by atoms with E-state index >= 15 is 0 Å². The maximum Gasteiger partial charge on any atom is 0.415 e. The number of hydrogen-bond acceptors (Lipinski definition) is 4. The zero-order chi connectivity index (χ0) is 21.6. The molecule has 0 N–H and O–H groups in total. The lowest BCUT2D eigenvalue weighted by Gasteiger charge is -2.36. The van der Waals surface area contributed by atoms with Crippen molar-refractivity contribution in [3.05, 3.63) is 59.9 Å². The van der Waals surface area contributed by atoms with E-state index in [1.165, 1.54) is 6.07 Å². The van der Waals surface area contributed by atoms with Crippen molar-refractivity contribution in [1.29, 1.82) is 5.26 Å². The molecular weight excluding hydrogens is 402 g/mol. The summed E-state index contributed by atoms with van der Waals surface area (Å²) in [5.41, 5.74) is 1.16. The van der Waals surface area contributed by atoms with Crippen molar-refractivity contribution in [2.45, 2.75) is 37.8 Å². The molecule has 2 unspecified atom stereocenters. The van der Waals surface area contributed by atoms with E-state index in [-0.39, 0.29) is 18.2 Å². The maximum absolute atomic E-state index is 14.2. The van der Waals surface area contributed by atoms with Crippen LogP contribution in [0.4, 0.5) is 19.3 Å². The number of halogens is 2. The van der Waals surface area contributed by atoms with Crippen molar-refractivity contribution in [1.82, 2.24) is 9.55 Å². The summed E-state index contributed by atoms with van der Waals surface area (Å²) < 4.78 is 36.2. The zero-order valence-corrected chi connectivity index (χ0v) is 16.7. The topological polar surface area (TPSA) is 71.2 Å². The Labute approximate surface area is 177 Å². The lowest BCUT2D eigenvalue weighted by atomic mass is 9.78. The Hall–Kier alpha value is -3.47. The predicted octanol–water partition coefficient (Wildman–Crippen LogP) is 4.77. The molecule has 1 spiro atoms. The summed E-state index contributed by atoms with van der Waals surface area (Å²) in [7, 11) is 0. The van der Waals surface area contributed by atoms with Gasteiger partial charge in [-0.1, -0.05) is 6.07 Å². The minimum atomic E-state index is -0.778. The van der Waals surface area contributed by atoms with Crippen molar-refractivity contribution in [3.8, 4) is 6.07 Å². The Morgan fingerprint density at radius 2 is 2.06 bits per heavy atom. The molecule has 1 saturated carbocycles. The van der Waals surface area contributed by atoms with Crippen LogP contribution in [0.25, 0.3) is 11.0 Å². The predicted molar refractivity (Wildman–Crippen MR) is 109 cm³/mol. The number of hydrogen-bond donors (Lipinski definition) is 0. The van der Waals surface area contributed by atoms with Crippen LogP contribution >= 0.6 is 0 Å². The van der Waals surface area contributed by atoms with Crippen LogP contribution in [0, 0.1) is 28.9 Å². The number of imidazole rings is 1. The lowest BCUT2D eigenvalue weighted by Crippen LogP contribution is -2.40. The number of aromatic nitrogens is 2. The molecule has 3 aromatic rings. The van der Waals surface area contributed by atoms with Crippen LogP contribution in [0.15, 0.2) is 42.7 Å². The first kappa shape index (κ1) is 19.5. The largest absolute Gasteiger partial charge is 0.441 e. The van der Waals surface area contributed by atoms with Gasteiger partial charge in [0.25, 0.3) is 0 Å². The fourth-order valence-electron chi connectivity index (χ4n) is 4.93. The second kappa shape index (κ2) is 7.34. The van der Waals surface area contributed by atoms with E-state index in [2.05, 4.69) is 11.1 Å². The Bertz CT molecular complexity index is 1200. The first-order chi connectivity index (χ1) is 15.0. The third-order valence-electron chi connectivity index (χ3n) is 6.29. The maximum atomic E-state index is 14.2. The Kier molecular flexibility index (Phi) is 4.62. The molecule has 2 fully saturated rings. The third kappa shape index (κ3) is 3.40. The van der Waals surface area contributed by atoms with Crippen molar-refractivity contribution >= 4 is 22.8 Å². The van der Waals surface area contributed by atoms with Gasteiger partial charge in [0.1, 0.15) is 22.9 Å². The van der Waals surface area contributed by atoms with E-state index < -0.39 is 23.3 Å². The van der Waals surface area contributed by atoms with Gasteiger partial charge >= 0.3 is 6.09 Å². The van der Waals surface area contributed by atoms with Crippen LogP contribution in [0.1, 0.15) is 31.2 Å². The number of amides is 1. The first-order valence-electron chi connectivity index (χ1n) is 10.3. The van der Waals surface area contributed by atoms with Crippen molar-refractivity contribution in [2.24, 2.45) is 5.92 Å². The molecule has 1 aliphatic carbocycles. The Morgan fingerprint density at radius 3 is 2.84 bits per heavy atom. The molecule has 8 heteroatoms. The smallest absolute Gasteiger partial charge is 0.415 e. The second-order valence-corrected chi connectivity index (χ2v) is 8.38. The van der Waals surface area contributed by atoms with Crippen LogP contribution in [-0.2, 0) is 11.3 Å². The van der Waals surface area contributed by atoms with Crippen molar-refractivity contribution in [3.63, 3.8) is 0 Å². The van der Waals surface area contributed by atoms with Gasteiger partial charge < -0.3 is 9.30 Å². The second-order valence-electron chi connectivity index (χ2n) is 8.38. The Morgan fingerprint density at radius 1 is 1.26 bits per heavy atom. The minimum absolute atomic E-state index is 0.128. The average molecular weight is 422 g/mol. The van der Waals surface area contributed by atoms with E-state index in [0.29, 0.717) is 24.9 Å². The van der Waals surface area contributed by atoms with Crippen molar-refractivity contribution < 1.29 is 18.3 Å². The molecule has 2 atom stereocenters. The number of carbonyl (C=O) groups is 1. The minimum Gasteiger partial charge on any atom is -0.441 e. The van der Waals surface area contributed by atoms with E-state index in [4.69, 9.17) is 4.74 Å². The molecule has 158 valence electrons. The summed E-state index contributed by atoms with van der Waals surface area (Å²) in [5, 5.41) is 9.18. The van der Waals surface area contributed by atoms with Gasteiger partial charge in [-0.15, -0.1) is 0 Å². The number of ether oxygens (including phenoxy) is 1. The number of carbonyl (C=O) groups excluding carboxylic acids is 1. The number of nitrogens with zero attached hydrogens (tertiary/aromatic N) is 4. The molecule has 1 amide bonds. The normalized spacial score (nSPS) is 23.3. The first-order valence-corrected chi connectivity index (χ1v) is 10.3. The van der Waals surface area contributed by atoms with Gasteiger partial charge in [0, 0.05) is 6.54 Å². The Balaban J connectivity index is 1.37. The van der Waals surface area contributed by atoms with Crippen LogP contribution < -0.4 is 4.90 Å². The average Bonchev–Trinajstić information content (AvgIpc) is 3.28. The molecule has 6 nitrogen and oxygen atoms in total. The molecule has 1 aliphatic heterocycles. The SMILES string of the molecule is N#Cc1ccc2ncn(CC3CCCC4(C3)CN(c3c(F)cccc3F)C(=O)O4)c2c1. The van der Waals surface area contributed by atoms with Gasteiger partial charge in [-0.25, -0.2) is 18.6 Å². The van der Waals surface area contributed by atoms with Crippen LogP contribution in [0.5, 0.6) is 0 Å². The molecule has 31 heavy (non-hydrogen) atoms. The van der Waals surface area contributed by atoms with Crippen LogP contribution in [-0.4, -0.2) is 27.8 Å². The van der Waals surface area contributed by atoms with Crippen molar-refractivity contribution in [2.75, 3.05) is 11.4 Å². The van der Waals surface area contributed by atoms with E-state index in [0.717, 1.165) is 40.9 Å². The van der Waals surface area contributed by atoms with Crippen LogP contribution in [0.2, 0.25) is 0 Å². The fourth-order valence-corrected chi connectivity index (χ4v) is 4.93. The highest BCUT2D eigenvalue weighted by atomic mass is 19.1. The molecule has 2 aromatic carbocycles. The molecule has 1 saturated heterocycles. The number of benzene rings is 2. The highest BCUT2D eigenvalue weighted by Crippen LogP contribution is 2.42. The van der Waals surface area contributed by atoms with Gasteiger partial charge in [-0.05, 0) is 61.9 Å². The monoisotopic (exact) mass is 422 g/mol. The summed E-state index contributed by atoms with van der Waals surface area (Å²) in [5.74, 6) is -1.35. The molecule has 2 heterocycles. The van der Waals surface area contributed by atoms with Gasteiger partial charge in [0.15, 0.2) is 0 Å². The summed E-state index contributed by atoms with van der Waals surface area (Å²) in [4.78, 5) is 18.0. The number of rotatable bonds is 3. The van der Waals surface area contributed by atoms with Gasteiger partial charge in [-0.3, -0.25) is 4.90 Å². The molecule has 0 radical (unpaired) electrons. The third-order valence-corrected chi connectivity index (χ3v) is 6.29. The zero-order valence-electron chi connectivity index (χ0n) is 16.7. The summed E-state index contributed by atoms with van der Waals surface area (Å²) >= 11 is 0. The standard InChI is InChI=1S/C23H20F2N4O2/c24-17-4-1-5-18(25)21(17)29-13-23(31-22(29)30)8-2-3-16(10-23)12-28-14-27-19-7-6-15(11-26)9-20(19)28/h1,4-7,9,14,16H,2-3,8,10,12-13H2. The number of nitriles is 1. The number of para-hydroxylation sites is 1. The molecule has 2 aliphatic rings. The van der Waals surface area contributed by atoms with Crippen LogP contribution in [0.3, 0.4) is 0 Å². The fraction of sp³-hybridized carbons (Fsp3) is 0.348. The van der Waals surface area contributed by atoms with Gasteiger partial charge in [-0.2, -0.15) is 5.26 Å². The molecule has 5 rings (SSSR count). The highest BCUT2D eigenvalue weighted by Gasteiger charge is 2.49. The molecular formula is C23H20F2N4O2. The highest BCUT2D eigenvalue weighted by molar-refractivity contribution is 5.90. The van der Waals surface area contributed by atoms with E-state index in [1.54, 1.807) is 12.4 Å². The number of anilines is 1. The van der Waals surface area contributed by atoms with Gasteiger partial charge in [0.05, 0.1) is 35.5 Å². The summed E-state index contributed by atoms with van der Waals surface area (Å²) in [6.45, 7) is 0.794. The molecule has 0 bridgehead atoms. The summed E-state index contributed by atoms with van der Waals surface area (Å²) in [6, 6.07) is 11.1. The molecule has 1 aromatic heterocycles. The van der Waals surface area contributed by atoms with Gasteiger partial charge in [0.2, 0.25) is 0 Å². The lowest BCUT2D eigenvalue weighted by molar-refractivity contribution is 0.00439. The quantitative estimate of drug-likeness (QED) is 0.610.